The molecule has 0 aliphatic carbocycles. The molecule has 4 heteroatoms. The SMILES string of the molecule is CC1CCCN(C(=O)CCNCCc2c[nH]c3ccccc23)C1. The first-order valence-electron chi connectivity index (χ1n) is 8.77. The van der Waals surface area contributed by atoms with Gasteiger partial charge in [0.25, 0.3) is 0 Å². The van der Waals surface area contributed by atoms with Crippen LogP contribution in [0.1, 0.15) is 31.7 Å². The maximum absolute atomic E-state index is 12.2. The Labute approximate surface area is 138 Å². The summed E-state index contributed by atoms with van der Waals surface area (Å²) in [4.78, 5) is 17.5. The Hall–Kier alpha value is -1.81. The predicted octanol–water partition coefficient (Wildman–Crippen LogP) is 2.95. The highest BCUT2D eigenvalue weighted by molar-refractivity contribution is 5.83. The van der Waals surface area contributed by atoms with Crippen molar-refractivity contribution in [1.29, 1.82) is 0 Å². The fourth-order valence-corrected chi connectivity index (χ4v) is 3.46. The van der Waals surface area contributed by atoms with Gasteiger partial charge in [0.2, 0.25) is 5.91 Å². The minimum Gasteiger partial charge on any atom is -0.361 e. The number of piperidine rings is 1. The van der Waals surface area contributed by atoms with Crippen LogP contribution in [0, 0.1) is 5.92 Å². The molecule has 3 rings (SSSR count). The lowest BCUT2D eigenvalue weighted by Gasteiger charge is -2.31. The average molecular weight is 313 g/mol. The van der Waals surface area contributed by atoms with Gasteiger partial charge in [-0.15, -0.1) is 0 Å². The molecule has 0 bridgehead atoms. The Morgan fingerprint density at radius 3 is 3.09 bits per heavy atom. The van der Waals surface area contributed by atoms with Crippen LogP contribution >= 0.6 is 0 Å². The number of carbonyl (C=O) groups excluding carboxylic acids is 1. The molecule has 4 nitrogen and oxygen atoms in total. The predicted molar refractivity (Wildman–Crippen MR) is 94.5 cm³/mol. The smallest absolute Gasteiger partial charge is 0.223 e. The summed E-state index contributed by atoms with van der Waals surface area (Å²) in [7, 11) is 0. The standard InChI is InChI=1S/C19H27N3O/c1-15-5-4-12-22(14-15)19(23)9-11-20-10-8-16-13-21-18-7-3-2-6-17(16)18/h2-3,6-7,13,15,20-21H,4-5,8-12,14H2,1H3. The summed E-state index contributed by atoms with van der Waals surface area (Å²) in [5.74, 6) is 0.957. The molecule has 0 radical (unpaired) electrons. The number of nitrogens with one attached hydrogen (secondary N) is 2. The molecule has 1 aromatic heterocycles. The fraction of sp³-hybridized carbons (Fsp3) is 0.526. The van der Waals surface area contributed by atoms with Crippen LogP contribution in [-0.4, -0.2) is 42.0 Å². The van der Waals surface area contributed by atoms with Crippen LogP contribution in [0.5, 0.6) is 0 Å². The second-order valence-corrected chi connectivity index (χ2v) is 6.70. The van der Waals surface area contributed by atoms with E-state index >= 15 is 0 Å². The van der Waals surface area contributed by atoms with E-state index < -0.39 is 0 Å². The number of H-pyrrole nitrogens is 1. The Bertz CT molecular complexity index is 649. The molecule has 1 atom stereocenters. The van der Waals surface area contributed by atoms with Gasteiger partial charge in [0.05, 0.1) is 0 Å². The second-order valence-electron chi connectivity index (χ2n) is 6.70. The number of rotatable bonds is 6. The number of fused-ring (bicyclic) bond motifs is 1. The average Bonchev–Trinajstić information content (AvgIpc) is 2.98. The maximum Gasteiger partial charge on any atom is 0.223 e. The van der Waals surface area contributed by atoms with Crippen molar-refractivity contribution in [2.24, 2.45) is 5.92 Å². The zero-order valence-corrected chi connectivity index (χ0v) is 14.0. The number of hydrogen-bond acceptors (Lipinski definition) is 2. The molecule has 1 fully saturated rings. The lowest BCUT2D eigenvalue weighted by Crippen LogP contribution is -2.40. The number of benzene rings is 1. The van der Waals surface area contributed by atoms with E-state index in [9.17, 15) is 4.79 Å². The highest BCUT2D eigenvalue weighted by atomic mass is 16.2. The highest BCUT2D eigenvalue weighted by Gasteiger charge is 2.20. The minimum absolute atomic E-state index is 0.302. The molecule has 1 aliphatic heterocycles. The van der Waals surface area contributed by atoms with Crippen LogP contribution in [0.15, 0.2) is 30.5 Å². The Morgan fingerprint density at radius 1 is 1.35 bits per heavy atom. The first kappa shape index (κ1) is 16.1. The third kappa shape index (κ3) is 4.14. The van der Waals surface area contributed by atoms with Crippen molar-refractivity contribution in [1.82, 2.24) is 15.2 Å². The number of amides is 1. The van der Waals surface area contributed by atoms with Gasteiger partial charge in [-0.2, -0.15) is 0 Å². The molecule has 1 aromatic carbocycles. The summed E-state index contributed by atoms with van der Waals surface area (Å²) in [5, 5.41) is 4.71. The molecule has 1 saturated heterocycles. The van der Waals surface area contributed by atoms with Crippen molar-refractivity contribution in [3.63, 3.8) is 0 Å². The fourth-order valence-electron chi connectivity index (χ4n) is 3.46. The Kier molecular flexibility index (Phi) is 5.34. The Morgan fingerprint density at radius 2 is 2.22 bits per heavy atom. The monoisotopic (exact) mass is 313 g/mol. The number of para-hydroxylation sites is 1. The van der Waals surface area contributed by atoms with Crippen LogP contribution in [0.25, 0.3) is 10.9 Å². The van der Waals surface area contributed by atoms with Crippen molar-refractivity contribution in [3.8, 4) is 0 Å². The normalized spacial score (nSPS) is 18.5. The van der Waals surface area contributed by atoms with E-state index in [0.29, 0.717) is 18.2 Å². The van der Waals surface area contributed by atoms with Gasteiger partial charge in [-0.05, 0) is 43.4 Å². The summed E-state index contributed by atoms with van der Waals surface area (Å²) in [6, 6.07) is 8.38. The van der Waals surface area contributed by atoms with Crippen LogP contribution in [0.4, 0.5) is 0 Å². The summed E-state index contributed by atoms with van der Waals surface area (Å²) in [5.41, 5.74) is 2.53. The molecule has 1 unspecified atom stereocenters. The third-order valence-electron chi connectivity index (χ3n) is 4.77. The molecule has 0 saturated carbocycles. The maximum atomic E-state index is 12.2. The number of aromatic nitrogens is 1. The summed E-state index contributed by atoms with van der Waals surface area (Å²) in [6.07, 6.45) is 6.10. The molecule has 23 heavy (non-hydrogen) atoms. The number of aromatic amines is 1. The van der Waals surface area contributed by atoms with Crippen molar-refractivity contribution in [2.75, 3.05) is 26.2 Å². The van der Waals surface area contributed by atoms with E-state index in [1.165, 1.54) is 22.9 Å². The third-order valence-corrected chi connectivity index (χ3v) is 4.77. The molecular weight excluding hydrogens is 286 g/mol. The number of hydrogen-bond donors (Lipinski definition) is 2. The highest BCUT2D eigenvalue weighted by Crippen LogP contribution is 2.18. The lowest BCUT2D eigenvalue weighted by molar-refractivity contribution is -0.132. The molecular formula is C19H27N3O. The number of likely N-dealkylation sites (tertiary alicyclic amines) is 1. The van der Waals surface area contributed by atoms with E-state index in [2.05, 4.69) is 41.6 Å². The first-order chi connectivity index (χ1) is 11.2. The van der Waals surface area contributed by atoms with Gasteiger partial charge in [0.1, 0.15) is 0 Å². The zero-order chi connectivity index (χ0) is 16.1. The number of nitrogens with zero attached hydrogens (tertiary/aromatic N) is 1. The van der Waals surface area contributed by atoms with Gasteiger partial charge in [-0.25, -0.2) is 0 Å². The van der Waals surface area contributed by atoms with E-state index in [1.54, 1.807) is 0 Å². The van der Waals surface area contributed by atoms with Gasteiger partial charge in [-0.1, -0.05) is 25.1 Å². The van der Waals surface area contributed by atoms with Gasteiger partial charge in [-0.3, -0.25) is 4.79 Å². The summed E-state index contributed by atoms with van der Waals surface area (Å²) < 4.78 is 0. The van der Waals surface area contributed by atoms with Crippen LogP contribution in [0.3, 0.4) is 0 Å². The largest absolute Gasteiger partial charge is 0.361 e. The van der Waals surface area contributed by atoms with Crippen LogP contribution in [-0.2, 0) is 11.2 Å². The van der Waals surface area contributed by atoms with Gasteiger partial charge in [0.15, 0.2) is 0 Å². The van der Waals surface area contributed by atoms with Crippen molar-refractivity contribution < 1.29 is 4.79 Å². The topological polar surface area (TPSA) is 48.1 Å². The molecule has 2 N–H and O–H groups in total. The molecule has 2 aromatic rings. The second kappa shape index (κ2) is 7.64. The summed E-state index contributed by atoms with van der Waals surface area (Å²) >= 11 is 0. The molecule has 2 heterocycles. The number of carbonyl (C=O) groups is 1. The van der Waals surface area contributed by atoms with Crippen molar-refractivity contribution in [2.45, 2.75) is 32.6 Å². The lowest BCUT2D eigenvalue weighted by atomic mass is 10.00. The van der Waals surface area contributed by atoms with Crippen LogP contribution in [0.2, 0.25) is 0 Å². The van der Waals surface area contributed by atoms with Crippen molar-refractivity contribution in [3.05, 3.63) is 36.0 Å². The van der Waals surface area contributed by atoms with Crippen molar-refractivity contribution >= 4 is 16.8 Å². The minimum atomic E-state index is 0.302. The van der Waals surface area contributed by atoms with E-state index in [-0.39, 0.29) is 0 Å². The molecule has 124 valence electrons. The van der Waals surface area contributed by atoms with Gasteiger partial charge >= 0.3 is 0 Å². The molecule has 1 aliphatic rings. The van der Waals surface area contributed by atoms with Gasteiger partial charge in [0, 0.05) is 43.2 Å². The zero-order valence-electron chi connectivity index (χ0n) is 14.0. The Balaban J connectivity index is 1.38. The van der Waals surface area contributed by atoms with E-state index in [4.69, 9.17) is 0 Å². The molecule has 0 spiro atoms. The first-order valence-corrected chi connectivity index (χ1v) is 8.77. The van der Waals surface area contributed by atoms with Gasteiger partial charge < -0.3 is 15.2 Å². The van der Waals surface area contributed by atoms with Crippen LogP contribution < -0.4 is 5.32 Å². The van der Waals surface area contributed by atoms with E-state index in [1.807, 2.05) is 11.0 Å². The molecule has 1 amide bonds. The summed E-state index contributed by atoms with van der Waals surface area (Å²) in [6.45, 7) is 5.79. The quantitative estimate of drug-likeness (QED) is 0.806. The van der Waals surface area contributed by atoms with E-state index in [0.717, 1.165) is 39.0 Å².